The van der Waals surface area contributed by atoms with Gasteiger partial charge in [-0.25, -0.2) is 4.79 Å². The molecule has 0 radical (unpaired) electrons. The number of nitrogens with zero attached hydrogens (tertiary/aromatic N) is 3. The summed E-state index contributed by atoms with van der Waals surface area (Å²) in [5.74, 6) is -2.76. The molecule has 0 aromatic heterocycles. The van der Waals surface area contributed by atoms with E-state index >= 15 is 0 Å². The van der Waals surface area contributed by atoms with E-state index in [9.17, 15) is 24.3 Å². The number of carboxylic acids is 1. The topological polar surface area (TPSA) is 163 Å². The number of carboxylic acid groups (broad SMARTS) is 1. The predicted molar refractivity (Wildman–Crippen MR) is 78.5 cm³/mol. The molecule has 0 unspecified atom stereocenters. The zero-order valence-electron chi connectivity index (χ0n) is 12.5. The maximum absolute atomic E-state index is 12.2. The summed E-state index contributed by atoms with van der Waals surface area (Å²) in [4.78, 5) is 49.9. The molecule has 0 saturated carbocycles. The number of thioether (sulfide) groups is 1. The number of β-lactam (4-membered cyclic amide) rings is 1. The quantitative estimate of drug-likeness (QED) is 0.234. The van der Waals surface area contributed by atoms with Crippen LogP contribution in [0.1, 0.15) is 6.92 Å². The number of carbonyl (C=O) groups excluding carboxylic acids is 3. The van der Waals surface area contributed by atoms with E-state index in [0.29, 0.717) is 5.57 Å². The molecule has 128 valence electrons. The Morgan fingerprint density at radius 3 is 2.83 bits per heavy atom. The van der Waals surface area contributed by atoms with E-state index in [1.54, 1.807) is 0 Å². The van der Waals surface area contributed by atoms with Crippen LogP contribution in [0.4, 0.5) is 0 Å². The minimum Gasteiger partial charge on any atom is -0.477 e. The van der Waals surface area contributed by atoms with Crippen LogP contribution in [0.25, 0.3) is 0 Å². The highest BCUT2D eigenvalue weighted by Gasteiger charge is 2.54. The number of hydrogen-bond acceptors (Lipinski definition) is 8. The molecule has 0 spiro atoms. The van der Waals surface area contributed by atoms with E-state index < -0.39 is 35.2 Å². The zero-order chi connectivity index (χ0) is 17.9. The molecule has 2 atom stereocenters. The summed E-state index contributed by atoms with van der Waals surface area (Å²) in [5.41, 5.74) is 6.58. The number of hydrogen-bond donors (Lipinski definition) is 3. The molecule has 2 rings (SSSR count). The van der Waals surface area contributed by atoms with Gasteiger partial charge in [-0.2, -0.15) is 0 Å². The van der Waals surface area contributed by atoms with Crippen molar-refractivity contribution in [2.24, 2.45) is 5.11 Å². The summed E-state index contributed by atoms with van der Waals surface area (Å²) >= 11 is 1.26. The Morgan fingerprint density at radius 1 is 1.54 bits per heavy atom. The van der Waals surface area contributed by atoms with Crippen LogP contribution in [-0.2, 0) is 23.9 Å². The van der Waals surface area contributed by atoms with Gasteiger partial charge in [0.05, 0.1) is 0 Å². The average molecular weight is 356 g/mol. The minimum absolute atomic E-state index is 0.207. The number of nitrogens with one attached hydrogen (secondary N) is 2. The third kappa shape index (κ3) is 3.44. The minimum atomic E-state index is -1.30. The molecule has 24 heavy (non-hydrogen) atoms. The van der Waals surface area contributed by atoms with Gasteiger partial charge in [-0.1, -0.05) is 0 Å². The summed E-state index contributed by atoms with van der Waals surface area (Å²) in [7, 11) is 0. The SMILES string of the molecule is CC(=O)OCC1=C(C(=O)O)N2C(=O)[C@@H](NC(=O)CN=[N+]=N)[C@@H]2SC1. The van der Waals surface area contributed by atoms with Crippen molar-refractivity contribution in [3.05, 3.63) is 11.3 Å². The van der Waals surface area contributed by atoms with Gasteiger partial charge in [-0.15, -0.1) is 11.8 Å². The fourth-order valence-corrected chi connectivity index (χ4v) is 3.63. The van der Waals surface area contributed by atoms with Gasteiger partial charge in [0.25, 0.3) is 5.91 Å². The van der Waals surface area contributed by atoms with Crippen LogP contribution < -0.4 is 10.2 Å². The molecule has 0 aromatic rings. The van der Waals surface area contributed by atoms with Crippen LogP contribution in [0, 0.1) is 5.53 Å². The number of aliphatic carboxylic acids is 1. The highest BCUT2D eigenvalue weighted by atomic mass is 32.2. The van der Waals surface area contributed by atoms with E-state index in [-0.39, 0.29) is 24.6 Å². The van der Waals surface area contributed by atoms with E-state index in [1.807, 2.05) is 0 Å². The first-order chi connectivity index (χ1) is 11.4. The fraction of sp³-hybridized carbons (Fsp3) is 0.500. The summed E-state index contributed by atoms with van der Waals surface area (Å²) < 4.78 is 4.82. The van der Waals surface area contributed by atoms with E-state index in [1.165, 1.54) is 18.7 Å². The van der Waals surface area contributed by atoms with Crippen LogP contribution in [0.15, 0.2) is 16.4 Å². The molecule has 1 saturated heterocycles. The van der Waals surface area contributed by atoms with Gasteiger partial charge in [-0.3, -0.25) is 19.3 Å². The third-order valence-electron chi connectivity index (χ3n) is 3.30. The average Bonchev–Trinajstić information content (AvgIpc) is 2.54. The molecule has 3 N–H and O–H groups in total. The standard InChI is InChI=1S/C12H13N5O6S/c1-5(18)23-3-6-4-24-11-8(15-7(19)2-14-16-13)10(20)17(11)9(6)12(21)22/h8,11,13H,2-4H2,1H3,(H-,15,19,21,22)/p+1/t8-,11+/m1/s1. The Kier molecular flexibility index (Phi) is 5.31. The fourth-order valence-electron chi connectivity index (χ4n) is 2.30. The molecule has 2 aliphatic rings. The van der Waals surface area contributed by atoms with Crippen LogP contribution in [0.5, 0.6) is 0 Å². The normalized spacial score (nSPS) is 22.0. The van der Waals surface area contributed by atoms with Crippen LogP contribution in [-0.4, -0.2) is 64.1 Å². The van der Waals surface area contributed by atoms with Crippen molar-refractivity contribution in [3.8, 4) is 0 Å². The molecule has 0 aliphatic carbocycles. The Labute approximate surface area is 139 Å². The number of esters is 1. The van der Waals surface area contributed by atoms with Crippen LogP contribution in [0.3, 0.4) is 0 Å². The maximum Gasteiger partial charge on any atom is 0.352 e. The van der Waals surface area contributed by atoms with Crippen LogP contribution in [0.2, 0.25) is 0 Å². The molecule has 0 aromatic carbocycles. The van der Waals surface area contributed by atoms with Gasteiger partial charge >= 0.3 is 11.9 Å². The first-order valence-electron chi connectivity index (χ1n) is 6.72. The van der Waals surface area contributed by atoms with E-state index in [0.717, 1.165) is 4.90 Å². The van der Waals surface area contributed by atoms with Crippen molar-refractivity contribution in [1.82, 2.24) is 15.1 Å². The first kappa shape index (κ1) is 17.6. The Hall–Kier alpha value is -2.72. The maximum atomic E-state index is 12.2. The molecule has 2 aliphatic heterocycles. The smallest absolute Gasteiger partial charge is 0.352 e. The lowest BCUT2D eigenvalue weighted by Crippen LogP contribution is -2.70. The second-order valence-electron chi connectivity index (χ2n) is 4.89. The number of fused-ring (bicyclic) bond motifs is 1. The van der Waals surface area contributed by atoms with Gasteiger partial charge in [0, 0.05) is 18.2 Å². The van der Waals surface area contributed by atoms with Gasteiger partial charge in [-0.05, 0) is 0 Å². The molecule has 0 bridgehead atoms. The number of rotatable bonds is 6. The predicted octanol–water partition coefficient (Wildman–Crippen LogP) is -1.16. The molecule has 11 nitrogen and oxygen atoms in total. The Bertz CT molecular complexity index is 685. The Balaban J connectivity index is 2.13. The second kappa shape index (κ2) is 7.23. The molecule has 1 fully saturated rings. The molecule has 2 amide bonds. The summed E-state index contributed by atoms with van der Waals surface area (Å²) in [6.45, 7) is 0.611. The molecular formula is C12H14N5O6S+. The highest BCUT2D eigenvalue weighted by Crippen LogP contribution is 2.40. The lowest BCUT2D eigenvalue weighted by Gasteiger charge is -2.49. The van der Waals surface area contributed by atoms with Crippen molar-refractivity contribution in [1.29, 1.82) is 5.53 Å². The van der Waals surface area contributed by atoms with Gasteiger partial charge in [0.1, 0.15) is 34.4 Å². The molecule has 2 heterocycles. The second-order valence-corrected chi connectivity index (χ2v) is 6.00. The number of carbonyl (C=O) groups is 4. The largest absolute Gasteiger partial charge is 0.477 e. The lowest BCUT2D eigenvalue weighted by molar-refractivity contribution is -0.150. The lowest BCUT2D eigenvalue weighted by atomic mass is 10.0. The first-order valence-corrected chi connectivity index (χ1v) is 7.77. The van der Waals surface area contributed by atoms with Crippen molar-refractivity contribution >= 4 is 35.5 Å². The zero-order valence-corrected chi connectivity index (χ0v) is 13.3. The summed E-state index contributed by atoms with van der Waals surface area (Å²) in [6.07, 6.45) is 0. The molecular weight excluding hydrogens is 342 g/mol. The van der Waals surface area contributed by atoms with E-state index in [2.05, 4.69) is 15.3 Å². The van der Waals surface area contributed by atoms with Crippen molar-refractivity contribution < 1.29 is 29.0 Å². The summed E-state index contributed by atoms with van der Waals surface area (Å²) in [5, 5.41) is 14.4. The highest BCUT2D eigenvalue weighted by molar-refractivity contribution is 8.00. The van der Waals surface area contributed by atoms with Crippen molar-refractivity contribution in [2.45, 2.75) is 18.3 Å². The summed E-state index contributed by atoms with van der Waals surface area (Å²) in [6, 6.07) is -0.868. The third-order valence-corrected chi connectivity index (χ3v) is 4.64. The monoisotopic (exact) mass is 356 g/mol. The van der Waals surface area contributed by atoms with Crippen molar-refractivity contribution in [3.63, 3.8) is 0 Å². The number of amides is 2. The number of ether oxygens (including phenoxy) is 1. The van der Waals surface area contributed by atoms with Gasteiger partial charge in [0.2, 0.25) is 17.4 Å². The van der Waals surface area contributed by atoms with Crippen molar-refractivity contribution in [2.75, 3.05) is 18.9 Å². The Morgan fingerprint density at radius 2 is 2.25 bits per heavy atom. The van der Waals surface area contributed by atoms with Crippen LogP contribution >= 0.6 is 11.8 Å². The van der Waals surface area contributed by atoms with Gasteiger partial charge < -0.3 is 15.2 Å². The van der Waals surface area contributed by atoms with Gasteiger partial charge in [0.15, 0.2) is 0 Å². The molecule has 12 heteroatoms. The van der Waals surface area contributed by atoms with E-state index in [4.69, 9.17) is 10.3 Å².